The molecule has 6 heteroatoms. The number of hydrogen-bond donors (Lipinski definition) is 1. The van der Waals surface area contributed by atoms with Crippen molar-refractivity contribution in [2.45, 2.75) is 6.54 Å². The third-order valence-corrected chi connectivity index (χ3v) is 1.62. The van der Waals surface area contributed by atoms with Gasteiger partial charge in [0.2, 0.25) is 0 Å². The smallest absolute Gasteiger partial charge is 0.349 e. The maximum absolute atomic E-state index is 11.2. The van der Waals surface area contributed by atoms with Gasteiger partial charge in [0, 0.05) is 19.4 Å². The third kappa shape index (κ3) is 1.97. The molecule has 0 aliphatic carbocycles. The molecule has 1 aromatic rings. The quantitative estimate of drug-likeness (QED) is 0.573. The zero-order valence-electron chi connectivity index (χ0n) is 7.27. The number of ether oxygens (including phenoxy) is 1. The average molecular weight is 185 g/mol. The monoisotopic (exact) mass is 185 g/mol. The van der Waals surface area contributed by atoms with E-state index in [1.165, 1.54) is 23.9 Å². The van der Waals surface area contributed by atoms with Crippen LogP contribution in [0.3, 0.4) is 0 Å². The van der Waals surface area contributed by atoms with Gasteiger partial charge in [0.05, 0.1) is 13.2 Å². The molecule has 6 nitrogen and oxygen atoms in total. The Labute approximate surface area is 74.1 Å². The molecule has 0 amide bonds. The predicted molar refractivity (Wildman–Crippen MR) is 47.0 cm³/mol. The van der Waals surface area contributed by atoms with Gasteiger partial charge in [-0.05, 0) is 0 Å². The Hall–Kier alpha value is -1.56. The molecule has 0 atom stereocenters. The minimum Gasteiger partial charge on any atom is -0.383 e. The SMILES string of the molecule is COCCn1ccc(=O)n(N)c1=O. The molecule has 13 heavy (non-hydrogen) atoms. The normalized spacial score (nSPS) is 10.2. The topological polar surface area (TPSA) is 79.2 Å². The van der Waals surface area contributed by atoms with E-state index < -0.39 is 11.2 Å². The summed E-state index contributed by atoms with van der Waals surface area (Å²) in [6.45, 7) is 0.783. The van der Waals surface area contributed by atoms with E-state index >= 15 is 0 Å². The van der Waals surface area contributed by atoms with Crippen molar-refractivity contribution in [3.05, 3.63) is 33.1 Å². The van der Waals surface area contributed by atoms with E-state index in [1.807, 2.05) is 0 Å². The number of methoxy groups -OCH3 is 1. The number of aromatic nitrogens is 2. The number of rotatable bonds is 3. The Morgan fingerprint density at radius 3 is 2.85 bits per heavy atom. The predicted octanol–water partition coefficient (Wildman–Crippen LogP) is -1.63. The molecule has 0 saturated carbocycles. The van der Waals surface area contributed by atoms with Crippen LogP contribution in [-0.2, 0) is 11.3 Å². The maximum Gasteiger partial charge on any atom is 0.349 e. The second-order valence-electron chi connectivity index (χ2n) is 2.49. The van der Waals surface area contributed by atoms with Gasteiger partial charge < -0.3 is 10.6 Å². The molecule has 0 radical (unpaired) electrons. The molecular weight excluding hydrogens is 174 g/mol. The van der Waals surface area contributed by atoms with Crippen LogP contribution in [0.1, 0.15) is 0 Å². The summed E-state index contributed by atoms with van der Waals surface area (Å²) in [5.41, 5.74) is -1.05. The number of hydrogen-bond acceptors (Lipinski definition) is 4. The highest BCUT2D eigenvalue weighted by atomic mass is 16.5. The van der Waals surface area contributed by atoms with Gasteiger partial charge in [0.15, 0.2) is 0 Å². The first-order chi connectivity index (χ1) is 6.16. The van der Waals surface area contributed by atoms with Crippen molar-refractivity contribution in [2.75, 3.05) is 19.6 Å². The van der Waals surface area contributed by atoms with Crippen LogP contribution in [0.15, 0.2) is 21.9 Å². The first-order valence-corrected chi connectivity index (χ1v) is 3.73. The van der Waals surface area contributed by atoms with Crippen molar-refractivity contribution in [2.24, 2.45) is 0 Å². The summed E-state index contributed by atoms with van der Waals surface area (Å²) in [7, 11) is 1.53. The molecule has 0 aliphatic rings. The molecule has 0 fully saturated rings. The van der Waals surface area contributed by atoms with Crippen molar-refractivity contribution in [3.63, 3.8) is 0 Å². The highest BCUT2D eigenvalue weighted by Crippen LogP contribution is 1.77. The van der Waals surface area contributed by atoms with Gasteiger partial charge in [-0.15, -0.1) is 0 Å². The maximum atomic E-state index is 11.2. The Balaban J connectivity index is 3.05. The fourth-order valence-electron chi connectivity index (χ4n) is 0.890. The summed E-state index contributed by atoms with van der Waals surface area (Å²) in [5, 5.41) is 0. The molecule has 2 N–H and O–H groups in total. The van der Waals surface area contributed by atoms with Crippen molar-refractivity contribution in [1.82, 2.24) is 9.24 Å². The molecule has 1 aromatic heterocycles. The van der Waals surface area contributed by atoms with Crippen molar-refractivity contribution in [1.29, 1.82) is 0 Å². The lowest BCUT2D eigenvalue weighted by molar-refractivity contribution is 0.185. The van der Waals surface area contributed by atoms with Crippen LogP contribution < -0.4 is 17.1 Å². The first kappa shape index (κ1) is 9.53. The summed E-state index contributed by atoms with van der Waals surface area (Å²) in [5.74, 6) is 5.18. The highest BCUT2D eigenvalue weighted by Gasteiger charge is 2.00. The third-order valence-electron chi connectivity index (χ3n) is 1.62. The van der Waals surface area contributed by atoms with E-state index in [4.69, 9.17) is 10.6 Å². The van der Waals surface area contributed by atoms with Crippen LogP contribution >= 0.6 is 0 Å². The Kier molecular flexibility index (Phi) is 2.86. The summed E-state index contributed by atoms with van der Waals surface area (Å²) in [4.78, 5) is 22.1. The Bertz CT molecular complexity index is 393. The standard InChI is InChI=1S/C7H11N3O3/c1-13-5-4-9-3-2-6(11)10(8)7(9)12/h2-3H,4-5,8H2,1H3. The van der Waals surface area contributed by atoms with Crippen LogP contribution in [0, 0.1) is 0 Å². The highest BCUT2D eigenvalue weighted by molar-refractivity contribution is 4.85. The molecule has 0 bridgehead atoms. The minimum absolute atomic E-state index is 0.382. The van der Waals surface area contributed by atoms with Crippen molar-refractivity contribution >= 4 is 0 Å². The molecule has 0 unspecified atom stereocenters. The number of nitrogens with zero attached hydrogens (tertiary/aromatic N) is 2. The average Bonchev–Trinajstić information content (AvgIpc) is 2.13. The molecule has 0 aliphatic heterocycles. The molecule has 0 aromatic carbocycles. The van der Waals surface area contributed by atoms with Gasteiger partial charge >= 0.3 is 5.69 Å². The van der Waals surface area contributed by atoms with E-state index in [-0.39, 0.29) is 0 Å². The number of nitrogens with two attached hydrogens (primary N) is 1. The fraction of sp³-hybridized carbons (Fsp3) is 0.429. The summed E-state index contributed by atoms with van der Waals surface area (Å²) < 4.78 is 6.66. The van der Waals surface area contributed by atoms with Crippen molar-refractivity contribution in [3.8, 4) is 0 Å². The van der Waals surface area contributed by atoms with E-state index in [0.717, 1.165) is 0 Å². The lowest BCUT2D eigenvalue weighted by atomic mass is 10.6. The molecule has 0 spiro atoms. The first-order valence-electron chi connectivity index (χ1n) is 3.73. The van der Waals surface area contributed by atoms with Gasteiger partial charge in [-0.1, -0.05) is 0 Å². The number of nitrogen functional groups attached to an aromatic ring is 1. The second kappa shape index (κ2) is 3.90. The zero-order valence-corrected chi connectivity index (χ0v) is 7.27. The summed E-state index contributed by atoms with van der Waals surface area (Å²) >= 11 is 0. The van der Waals surface area contributed by atoms with Gasteiger partial charge in [0.1, 0.15) is 0 Å². The Morgan fingerprint density at radius 1 is 1.54 bits per heavy atom. The van der Waals surface area contributed by atoms with Crippen LogP contribution in [0.2, 0.25) is 0 Å². The van der Waals surface area contributed by atoms with Crippen LogP contribution in [0.4, 0.5) is 0 Å². The van der Waals surface area contributed by atoms with Gasteiger partial charge in [-0.25, -0.2) is 4.79 Å². The minimum atomic E-state index is -0.537. The second-order valence-corrected chi connectivity index (χ2v) is 2.49. The van der Waals surface area contributed by atoms with E-state index in [2.05, 4.69) is 0 Å². The van der Waals surface area contributed by atoms with E-state index in [1.54, 1.807) is 0 Å². The zero-order chi connectivity index (χ0) is 9.84. The lowest BCUT2D eigenvalue weighted by Gasteiger charge is -2.04. The molecule has 0 saturated heterocycles. The molecule has 1 rings (SSSR count). The lowest BCUT2D eigenvalue weighted by Crippen LogP contribution is -2.44. The summed E-state index contributed by atoms with van der Waals surface area (Å²) in [6.07, 6.45) is 1.40. The van der Waals surface area contributed by atoms with Gasteiger partial charge in [-0.2, -0.15) is 4.68 Å². The van der Waals surface area contributed by atoms with Crippen LogP contribution in [0.25, 0.3) is 0 Å². The van der Waals surface area contributed by atoms with Crippen LogP contribution in [-0.4, -0.2) is 23.0 Å². The molecular formula is C7H11N3O3. The summed E-state index contributed by atoms with van der Waals surface area (Å²) in [6, 6.07) is 1.23. The fourth-order valence-corrected chi connectivity index (χ4v) is 0.890. The van der Waals surface area contributed by atoms with E-state index in [0.29, 0.717) is 17.8 Å². The Morgan fingerprint density at radius 2 is 2.23 bits per heavy atom. The van der Waals surface area contributed by atoms with Gasteiger partial charge in [0.25, 0.3) is 5.56 Å². The largest absolute Gasteiger partial charge is 0.383 e. The van der Waals surface area contributed by atoms with E-state index in [9.17, 15) is 9.59 Å². The van der Waals surface area contributed by atoms with Gasteiger partial charge in [-0.3, -0.25) is 9.36 Å². The van der Waals surface area contributed by atoms with Crippen molar-refractivity contribution < 1.29 is 4.74 Å². The van der Waals surface area contributed by atoms with Crippen LogP contribution in [0.5, 0.6) is 0 Å². The molecule has 1 heterocycles. The molecule has 72 valence electrons.